The van der Waals surface area contributed by atoms with Crippen LogP contribution in [0.5, 0.6) is 5.75 Å². The number of nitrogens with two attached hydrogens (primary N) is 1. The van der Waals surface area contributed by atoms with E-state index in [-0.39, 0.29) is 12.2 Å². The van der Waals surface area contributed by atoms with Crippen LogP contribution in [-0.2, 0) is 9.47 Å². The molecule has 1 aromatic carbocycles. The average Bonchev–Trinajstić information content (AvgIpc) is 2.34. The van der Waals surface area contributed by atoms with Gasteiger partial charge in [0.25, 0.3) is 0 Å². The molecule has 5 heteroatoms. The Balaban J connectivity index is 2.68. The number of carbonyl (C=O) groups excluding carboxylic acids is 1. The van der Waals surface area contributed by atoms with E-state index in [1.807, 2.05) is 6.92 Å². The summed E-state index contributed by atoms with van der Waals surface area (Å²) >= 11 is 0. The summed E-state index contributed by atoms with van der Waals surface area (Å²) in [6.45, 7) is 3.04. The van der Waals surface area contributed by atoms with Crippen LogP contribution in [0.3, 0.4) is 0 Å². The molecule has 0 unspecified atom stereocenters. The molecule has 0 aromatic heterocycles. The monoisotopic (exact) mass is 239 g/mol. The van der Waals surface area contributed by atoms with Gasteiger partial charge in [-0.1, -0.05) is 6.07 Å². The number of methoxy groups -OCH3 is 1. The van der Waals surface area contributed by atoms with E-state index in [1.54, 1.807) is 18.2 Å². The van der Waals surface area contributed by atoms with Gasteiger partial charge in [-0.2, -0.15) is 0 Å². The van der Waals surface area contributed by atoms with Gasteiger partial charge >= 0.3 is 5.97 Å². The van der Waals surface area contributed by atoms with Crippen LogP contribution in [0.4, 0.5) is 5.69 Å². The lowest BCUT2D eigenvalue weighted by Gasteiger charge is -2.10. The maximum absolute atomic E-state index is 11.8. The number of hydrogen-bond donors (Lipinski definition) is 1. The van der Waals surface area contributed by atoms with Crippen LogP contribution in [0, 0.1) is 0 Å². The molecule has 0 aliphatic rings. The Labute approximate surface area is 100 Å². The van der Waals surface area contributed by atoms with E-state index in [0.29, 0.717) is 24.7 Å². The van der Waals surface area contributed by atoms with E-state index >= 15 is 0 Å². The topological polar surface area (TPSA) is 70.8 Å². The lowest BCUT2D eigenvalue weighted by molar-refractivity contribution is 0.0333. The molecule has 0 heterocycles. The van der Waals surface area contributed by atoms with Crippen molar-refractivity contribution in [3.63, 3.8) is 0 Å². The number of benzene rings is 1. The summed E-state index contributed by atoms with van der Waals surface area (Å²) < 4.78 is 15.2. The molecule has 1 rings (SSSR count). The summed E-state index contributed by atoms with van der Waals surface area (Å²) in [6, 6.07) is 5.00. The van der Waals surface area contributed by atoms with Crippen LogP contribution in [0.15, 0.2) is 18.2 Å². The highest BCUT2D eigenvalue weighted by Crippen LogP contribution is 2.24. The fourth-order valence-corrected chi connectivity index (χ4v) is 1.35. The first-order valence-electron chi connectivity index (χ1n) is 5.38. The van der Waals surface area contributed by atoms with Gasteiger partial charge in [-0.15, -0.1) is 0 Å². The van der Waals surface area contributed by atoms with E-state index in [9.17, 15) is 4.79 Å². The highest BCUT2D eigenvalue weighted by Gasteiger charge is 2.16. The van der Waals surface area contributed by atoms with Crippen molar-refractivity contribution >= 4 is 11.7 Å². The zero-order valence-corrected chi connectivity index (χ0v) is 10.1. The number of hydrogen-bond acceptors (Lipinski definition) is 5. The fourth-order valence-electron chi connectivity index (χ4n) is 1.35. The standard InChI is InChI=1S/C12H17NO4/c1-3-16-7-8-17-12(14)11-9(13)5-4-6-10(11)15-2/h4-6H,3,7-8,13H2,1-2H3. The molecule has 0 saturated heterocycles. The van der Waals surface area contributed by atoms with Crippen LogP contribution in [0.1, 0.15) is 17.3 Å². The van der Waals surface area contributed by atoms with Gasteiger partial charge < -0.3 is 19.9 Å². The van der Waals surface area contributed by atoms with Crippen molar-refractivity contribution in [2.24, 2.45) is 0 Å². The maximum Gasteiger partial charge on any atom is 0.344 e. The van der Waals surface area contributed by atoms with Gasteiger partial charge in [0.15, 0.2) is 0 Å². The van der Waals surface area contributed by atoms with Crippen LogP contribution >= 0.6 is 0 Å². The van der Waals surface area contributed by atoms with Crippen LogP contribution in [0.25, 0.3) is 0 Å². The molecular formula is C12H17NO4. The molecule has 0 amide bonds. The summed E-state index contributed by atoms with van der Waals surface area (Å²) in [4.78, 5) is 11.8. The summed E-state index contributed by atoms with van der Waals surface area (Å²) in [7, 11) is 1.48. The van der Waals surface area contributed by atoms with Crippen LogP contribution in [-0.4, -0.2) is 32.9 Å². The third kappa shape index (κ3) is 3.64. The number of anilines is 1. The minimum atomic E-state index is -0.500. The predicted molar refractivity (Wildman–Crippen MR) is 64.2 cm³/mol. The number of esters is 1. The first-order valence-corrected chi connectivity index (χ1v) is 5.38. The molecule has 1 aromatic rings. The summed E-state index contributed by atoms with van der Waals surface area (Å²) in [5.41, 5.74) is 6.31. The van der Waals surface area contributed by atoms with Crippen molar-refractivity contribution in [2.75, 3.05) is 32.7 Å². The van der Waals surface area contributed by atoms with Gasteiger partial charge in [0.2, 0.25) is 0 Å². The smallest absolute Gasteiger partial charge is 0.344 e. The lowest BCUT2D eigenvalue weighted by Crippen LogP contribution is -2.13. The lowest BCUT2D eigenvalue weighted by atomic mass is 10.1. The minimum absolute atomic E-state index is 0.199. The molecule has 0 spiro atoms. The Morgan fingerprint density at radius 2 is 2.12 bits per heavy atom. The molecule has 0 fully saturated rings. The highest BCUT2D eigenvalue weighted by molar-refractivity contribution is 5.98. The minimum Gasteiger partial charge on any atom is -0.496 e. The van der Waals surface area contributed by atoms with Gasteiger partial charge in [-0.25, -0.2) is 4.79 Å². The SMILES string of the molecule is CCOCCOC(=O)c1c(N)cccc1OC. The third-order valence-corrected chi connectivity index (χ3v) is 2.15. The van der Waals surface area contributed by atoms with E-state index in [0.717, 1.165) is 0 Å². The molecule has 0 aliphatic heterocycles. The average molecular weight is 239 g/mol. The normalized spacial score (nSPS) is 10.0. The molecule has 94 valence electrons. The fraction of sp³-hybridized carbons (Fsp3) is 0.417. The molecule has 0 bridgehead atoms. The quantitative estimate of drug-likeness (QED) is 0.462. The molecular weight excluding hydrogens is 222 g/mol. The second kappa shape index (κ2) is 6.75. The van der Waals surface area contributed by atoms with Crippen molar-refractivity contribution in [3.05, 3.63) is 23.8 Å². The number of carbonyl (C=O) groups is 1. The Bertz CT molecular complexity index is 379. The van der Waals surface area contributed by atoms with Crippen LogP contribution < -0.4 is 10.5 Å². The van der Waals surface area contributed by atoms with Crippen molar-refractivity contribution < 1.29 is 19.0 Å². The summed E-state index contributed by atoms with van der Waals surface area (Å²) in [5, 5.41) is 0. The Kier molecular flexibility index (Phi) is 5.29. The predicted octanol–water partition coefficient (Wildman–Crippen LogP) is 1.47. The summed E-state index contributed by atoms with van der Waals surface area (Å²) in [6.07, 6.45) is 0. The maximum atomic E-state index is 11.8. The van der Waals surface area contributed by atoms with E-state index in [1.165, 1.54) is 7.11 Å². The van der Waals surface area contributed by atoms with E-state index in [2.05, 4.69) is 0 Å². The van der Waals surface area contributed by atoms with Crippen molar-refractivity contribution in [2.45, 2.75) is 6.92 Å². The molecule has 5 nitrogen and oxygen atoms in total. The molecule has 17 heavy (non-hydrogen) atoms. The first kappa shape index (κ1) is 13.3. The molecule has 0 radical (unpaired) electrons. The van der Waals surface area contributed by atoms with Crippen molar-refractivity contribution in [1.29, 1.82) is 0 Å². The van der Waals surface area contributed by atoms with Crippen molar-refractivity contribution in [3.8, 4) is 5.75 Å². The second-order valence-corrected chi connectivity index (χ2v) is 3.26. The second-order valence-electron chi connectivity index (χ2n) is 3.26. The van der Waals surface area contributed by atoms with Gasteiger partial charge in [0, 0.05) is 12.3 Å². The number of ether oxygens (including phenoxy) is 3. The number of nitrogen functional groups attached to an aromatic ring is 1. The Morgan fingerprint density at radius 3 is 2.76 bits per heavy atom. The Morgan fingerprint density at radius 1 is 1.35 bits per heavy atom. The van der Waals surface area contributed by atoms with Gasteiger partial charge in [0.05, 0.1) is 13.7 Å². The molecule has 0 atom stereocenters. The first-order chi connectivity index (χ1) is 8.20. The van der Waals surface area contributed by atoms with Crippen LogP contribution in [0.2, 0.25) is 0 Å². The Hall–Kier alpha value is -1.75. The van der Waals surface area contributed by atoms with Gasteiger partial charge in [0.1, 0.15) is 17.9 Å². The largest absolute Gasteiger partial charge is 0.496 e. The van der Waals surface area contributed by atoms with Gasteiger partial charge in [-0.05, 0) is 19.1 Å². The number of rotatable bonds is 6. The summed E-state index contributed by atoms with van der Waals surface area (Å²) in [5.74, 6) is -0.0916. The third-order valence-electron chi connectivity index (χ3n) is 2.15. The highest BCUT2D eigenvalue weighted by atomic mass is 16.6. The van der Waals surface area contributed by atoms with E-state index in [4.69, 9.17) is 19.9 Å². The molecule has 0 saturated carbocycles. The molecule has 0 aliphatic carbocycles. The zero-order chi connectivity index (χ0) is 12.7. The van der Waals surface area contributed by atoms with Gasteiger partial charge in [-0.3, -0.25) is 0 Å². The van der Waals surface area contributed by atoms with E-state index < -0.39 is 5.97 Å². The zero-order valence-electron chi connectivity index (χ0n) is 10.1. The molecule has 2 N–H and O–H groups in total. The van der Waals surface area contributed by atoms with Crippen molar-refractivity contribution in [1.82, 2.24) is 0 Å².